The van der Waals surface area contributed by atoms with Gasteiger partial charge in [0.05, 0.1) is 25.2 Å². The van der Waals surface area contributed by atoms with Crippen LogP contribution in [0, 0.1) is 20.8 Å². The van der Waals surface area contributed by atoms with Gasteiger partial charge in [0.2, 0.25) is 10.0 Å². The number of carbonyl (C=O) groups is 2. The van der Waals surface area contributed by atoms with Crippen molar-refractivity contribution in [3.63, 3.8) is 0 Å². The van der Waals surface area contributed by atoms with E-state index in [2.05, 4.69) is 10.6 Å². The lowest BCUT2D eigenvalue weighted by molar-refractivity contribution is -0.139. The van der Waals surface area contributed by atoms with Gasteiger partial charge in [0.25, 0.3) is 0 Å². The van der Waals surface area contributed by atoms with Crippen molar-refractivity contribution in [3.8, 4) is 5.75 Å². The summed E-state index contributed by atoms with van der Waals surface area (Å²) in [4.78, 5) is 24.6. The number of hydrogen-bond donors (Lipinski definition) is 2. The summed E-state index contributed by atoms with van der Waals surface area (Å²) in [6, 6.07) is 10.7. The van der Waals surface area contributed by atoms with Crippen molar-refractivity contribution in [2.75, 3.05) is 26.8 Å². The highest BCUT2D eigenvalue weighted by atomic mass is 32.2. The van der Waals surface area contributed by atoms with E-state index in [-0.39, 0.29) is 31.1 Å². The molecule has 1 aliphatic heterocycles. The van der Waals surface area contributed by atoms with Crippen LogP contribution in [0.15, 0.2) is 41.3 Å². The highest BCUT2D eigenvalue weighted by molar-refractivity contribution is 7.89. The lowest BCUT2D eigenvalue weighted by atomic mass is 10.1. The molecule has 0 aliphatic carbocycles. The fourth-order valence-electron chi connectivity index (χ4n) is 3.90. The summed E-state index contributed by atoms with van der Waals surface area (Å²) in [6.07, 6.45) is -0.895. The van der Waals surface area contributed by atoms with Crippen molar-refractivity contribution in [3.05, 3.63) is 58.7 Å². The van der Waals surface area contributed by atoms with Crippen LogP contribution >= 0.6 is 0 Å². The molecule has 0 spiro atoms. The van der Waals surface area contributed by atoms with E-state index in [9.17, 15) is 18.0 Å². The highest BCUT2D eigenvalue weighted by Crippen LogP contribution is 2.28. The Bertz CT molecular complexity index is 1110. The number of carbonyl (C=O) groups excluding carboxylic acids is 2. The molecule has 2 aromatic carbocycles. The molecule has 0 saturated carbocycles. The molecule has 1 aliphatic rings. The first-order chi connectivity index (χ1) is 15.6. The third-order valence-corrected chi connectivity index (χ3v) is 7.57. The molecule has 178 valence electrons. The number of nitrogens with one attached hydrogen (secondary N) is 2. The number of ether oxygens (including phenoxy) is 2. The van der Waals surface area contributed by atoms with Crippen molar-refractivity contribution in [1.29, 1.82) is 0 Å². The number of nitrogens with zero attached hydrogens (tertiary/aromatic N) is 1. The lowest BCUT2D eigenvalue weighted by Crippen LogP contribution is -2.47. The second-order valence-electron chi connectivity index (χ2n) is 7.91. The molecule has 10 heteroatoms. The summed E-state index contributed by atoms with van der Waals surface area (Å²) in [7, 11) is -2.28. The van der Waals surface area contributed by atoms with Crippen LogP contribution in [0.1, 0.15) is 22.3 Å². The summed E-state index contributed by atoms with van der Waals surface area (Å²) in [5.41, 5.74) is 3.09. The highest BCUT2D eigenvalue weighted by Gasteiger charge is 2.38. The predicted octanol–water partition coefficient (Wildman–Crippen LogP) is 1.40. The predicted molar refractivity (Wildman–Crippen MR) is 122 cm³/mol. The number of amides is 2. The van der Waals surface area contributed by atoms with Crippen LogP contribution in [0.5, 0.6) is 5.75 Å². The summed E-state index contributed by atoms with van der Waals surface area (Å²) < 4.78 is 38.5. The van der Waals surface area contributed by atoms with Gasteiger partial charge in [-0.25, -0.2) is 8.42 Å². The SMILES string of the molecule is COc1ccc(CNC(=O)C(=O)NCC2OCCN2S(=O)(=O)c2c(C)cc(C)cc2C)cc1. The average Bonchev–Trinajstić information content (AvgIpc) is 3.25. The third kappa shape index (κ3) is 5.70. The molecule has 1 fully saturated rings. The van der Waals surface area contributed by atoms with E-state index in [1.165, 1.54) is 4.31 Å². The summed E-state index contributed by atoms with van der Waals surface area (Å²) in [5, 5.41) is 5.00. The zero-order chi connectivity index (χ0) is 24.2. The van der Waals surface area contributed by atoms with Gasteiger partial charge in [-0.05, 0) is 49.6 Å². The number of methoxy groups -OCH3 is 1. The number of rotatable bonds is 7. The van der Waals surface area contributed by atoms with Gasteiger partial charge >= 0.3 is 11.8 Å². The molecular weight excluding hydrogens is 446 g/mol. The van der Waals surface area contributed by atoms with E-state index < -0.39 is 28.1 Å². The zero-order valence-corrected chi connectivity index (χ0v) is 20.0. The Morgan fingerprint density at radius 1 is 1.06 bits per heavy atom. The maximum atomic E-state index is 13.3. The molecule has 3 rings (SSSR count). The van der Waals surface area contributed by atoms with Gasteiger partial charge in [-0.3, -0.25) is 9.59 Å². The zero-order valence-electron chi connectivity index (χ0n) is 19.2. The molecule has 1 unspecified atom stereocenters. The Morgan fingerprint density at radius 3 is 2.27 bits per heavy atom. The molecule has 0 aromatic heterocycles. The molecule has 2 aromatic rings. The van der Waals surface area contributed by atoms with Crippen molar-refractivity contribution < 1.29 is 27.5 Å². The molecule has 2 amide bonds. The van der Waals surface area contributed by atoms with Gasteiger partial charge in [-0.2, -0.15) is 4.31 Å². The number of hydrogen-bond acceptors (Lipinski definition) is 6. The second kappa shape index (κ2) is 10.3. The largest absolute Gasteiger partial charge is 0.497 e. The Morgan fingerprint density at radius 2 is 1.67 bits per heavy atom. The van der Waals surface area contributed by atoms with Crippen LogP contribution < -0.4 is 15.4 Å². The quantitative estimate of drug-likeness (QED) is 0.585. The van der Waals surface area contributed by atoms with Gasteiger partial charge in [-0.15, -0.1) is 0 Å². The van der Waals surface area contributed by atoms with Crippen LogP contribution in [0.2, 0.25) is 0 Å². The van der Waals surface area contributed by atoms with E-state index in [1.54, 1.807) is 45.2 Å². The Kier molecular flexibility index (Phi) is 7.72. The molecule has 1 saturated heterocycles. The topological polar surface area (TPSA) is 114 Å². The van der Waals surface area contributed by atoms with Crippen molar-refractivity contribution in [2.45, 2.75) is 38.4 Å². The van der Waals surface area contributed by atoms with Crippen molar-refractivity contribution >= 4 is 21.8 Å². The fraction of sp³-hybridized carbons (Fsp3) is 0.391. The minimum Gasteiger partial charge on any atom is -0.497 e. The Balaban J connectivity index is 1.60. The van der Waals surface area contributed by atoms with E-state index in [4.69, 9.17) is 9.47 Å². The minimum absolute atomic E-state index is 0.141. The first kappa shape index (κ1) is 24.7. The monoisotopic (exact) mass is 475 g/mol. The molecule has 9 nitrogen and oxygen atoms in total. The standard InChI is InChI=1S/C23H29N3O6S/c1-15-11-16(2)21(17(3)12-15)33(29,30)26-9-10-32-20(26)14-25-23(28)22(27)24-13-18-5-7-19(31-4)8-6-18/h5-8,11-12,20H,9-10,13-14H2,1-4H3,(H,24,27)(H,25,28). The third-order valence-electron chi connectivity index (χ3n) is 5.37. The van der Waals surface area contributed by atoms with Crippen LogP contribution in [0.3, 0.4) is 0 Å². The smallest absolute Gasteiger partial charge is 0.309 e. The summed E-state index contributed by atoms with van der Waals surface area (Å²) in [6.45, 7) is 5.82. The summed E-state index contributed by atoms with van der Waals surface area (Å²) in [5.74, 6) is -0.989. The van der Waals surface area contributed by atoms with Crippen LogP contribution in [-0.2, 0) is 30.9 Å². The molecule has 2 N–H and O–H groups in total. The first-order valence-corrected chi connectivity index (χ1v) is 12.0. The van der Waals surface area contributed by atoms with Crippen LogP contribution in [0.4, 0.5) is 0 Å². The van der Waals surface area contributed by atoms with E-state index >= 15 is 0 Å². The average molecular weight is 476 g/mol. The maximum absolute atomic E-state index is 13.3. The Hall–Kier alpha value is -2.95. The van der Waals surface area contributed by atoms with Gasteiger partial charge < -0.3 is 20.1 Å². The lowest BCUT2D eigenvalue weighted by Gasteiger charge is -2.24. The molecule has 0 bridgehead atoms. The maximum Gasteiger partial charge on any atom is 0.309 e. The van der Waals surface area contributed by atoms with Gasteiger partial charge in [0.1, 0.15) is 12.0 Å². The summed E-state index contributed by atoms with van der Waals surface area (Å²) >= 11 is 0. The van der Waals surface area contributed by atoms with Gasteiger partial charge in [0, 0.05) is 13.1 Å². The first-order valence-electron chi connectivity index (χ1n) is 10.5. The molecule has 33 heavy (non-hydrogen) atoms. The molecular formula is C23H29N3O6S. The number of aryl methyl sites for hydroxylation is 3. The van der Waals surface area contributed by atoms with Gasteiger partial charge in [-0.1, -0.05) is 29.8 Å². The molecule has 1 heterocycles. The van der Waals surface area contributed by atoms with E-state index in [0.717, 1.165) is 11.1 Å². The normalized spacial score (nSPS) is 16.4. The number of sulfonamides is 1. The Labute approximate surface area is 194 Å². The molecule has 0 radical (unpaired) electrons. The minimum atomic E-state index is -3.84. The van der Waals surface area contributed by atoms with E-state index in [0.29, 0.717) is 16.9 Å². The van der Waals surface area contributed by atoms with Crippen molar-refractivity contribution in [2.24, 2.45) is 0 Å². The van der Waals surface area contributed by atoms with Crippen LogP contribution in [-0.4, -0.2) is 57.6 Å². The van der Waals surface area contributed by atoms with Crippen molar-refractivity contribution in [1.82, 2.24) is 14.9 Å². The second-order valence-corrected chi connectivity index (χ2v) is 9.74. The van der Waals surface area contributed by atoms with E-state index in [1.807, 2.05) is 19.1 Å². The fourth-order valence-corrected chi connectivity index (χ4v) is 5.82. The van der Waals surface area contributed by atoms with Crippen LogP contribution in [0.25, 0.3) is 0 Å². The molecule has 1 atom stereocenters. The van der Waals surface area contributed by atoms with Gasteiger partial charge in [0.15, 0.2) is 0 Å². The number of benzene rings is 2.